The smallest absolute Gasteiger partial charge is 0.193 e. The SMILES string of the molecule is COc1ccc(NC(N)=NCc2sc(C)nc2C)cc1. The topological polar surface area (TPSA) is 72.5 Å². The number of nitrogens with one attached hydrogen (secondary N) is 1. The van der Waals surface area contributed by atoms with E-state index in [1.807, 2.05) is 38.1 Å². The first-order chi connectivity index (χ1) is 9.58. The van der Waals surface area contributed by atoms with Crippen molar-refractivity contribution in [3.8, 4) is 5.75 Å². The van der Waals surface area contributed by atoms with Crippen molar-refractivity contribution in [2.24, 2.45) is 10.7 Å². The summed E-state index contributed by atoms with van der Waals surface area (Å²) >= 11 is 1.65. The van der Waals surface area contributed by atoms with E-state index in [4.69, 9.17) is 10.5 Å². The molecule has 0 unspecified atom stereocenters. The van der Waals surface area contributed by atoms with Gasteiger partial charge in [0.1, 0.15) is 5.75 Å². The highest BCUT2D eigenvalue weighted by molar-refractivity contribution is 7.11. The molecular formula is C14H18N4OS. The molecule has 0 saturated heterocycles. The summed E-state index contributed by atoms with van der Waals surface area (Å²) in [7, 11) is 1.64. The Morgan fingerprint density at radius 1 is 1.35 bits per heavy atom. The molecule has 2 aromatic rings. The summed E-state index contributed by atoms with van der Waals surface area (Å²) < 4.78 is 5.10. The van der Waals surface area contributed by atoms with Crippen LogP contribution in [0.15, 0.2) is 29.3 Å². The molecule has 20 heavy (non-hydrogen) atoms. The molecule has 6 heteroatoms. The molecule has 5 nitrogen and oxygen atoms in total. The number of nitrogens with zero attached hydrogens (tertiary/aromatic N) is 2. The van der Waals surface area contributed by atoms with Crippen LogP contribution < -0.4 is 15.8 Å². The van der Waals surface area contributed by atoms with Gasteiger partial charge in [0, 0.05) is 10.6 Å². The van der Waals surface area contributed by atoms with Crippen LogP contribution in [-0.2, 0) is 6.54 Å². The Balaban J connectivity index is 1.98. The Morgan fingerprint density at radius 2 is 2.05 bits per heavy atom. The molecule has 0 spiro atoms. The van der Waals surface area contributed by atoms with E-state index in [-0.39, 0.29) is 0 Å². The zero-order valence-electron chi connectivity index (χ0n) is 11.8. The molecule has 0 bridgehead atoms. The first-order valence-electron chi connectivity index (χ1n) is 6.22. The second-order valence-electron chi connectivity index (χ2n) is 4.30. The number of aliphatic imine (C=N–C) groups is 1. The van der Waals surface area contributed by atoms with Gasteiger partial charge in [0.15, 0.2) is 5.96 Å². The lowest BCUT2D eigenvalue weighted by Crippen LogP contribution is -2.22. The van der Waals surface area contributed by atoms with Crippen molar-refractivity contribution in [2.75, 3.05) is 12.4 Å². The van der Waals surface area contributed by atoms with E-state index in [0.29, 0.717) is 12.5 Å². The predicted octanol–water partition coefficient (Wildman–Crippen LogP) is 2.70. The first-order valence-corrected chi connectivity index (χ1v) is 7.04. The fourth-order valence-corrected chi connectivity index (χ4v) is 2.60. The van der Waals surface area contributed by atoms with Gasteiger partial charge >= 0.3 is 0 Å². The number of guanidine groups is 1. The maximum Gasteiger partial charge on any atom is 0.193 e. The van der Waals surface area contributed by atoms with Gasteiger partial charge in [0.25, 0.3) is 0 Å². The van der Waals surface area contributed by atoms with Gasteiger partial charge in [-0.15, -0.1) is 11.3 Å². The minimum absolute atomic E-state index is 0.389. The lowest BCUT2D eigenvalue weighted by atomic mass is 10.3. The highest BCUT2D eigenvalue weighted by Crippen LogP contribution is 2.18. The highest BCUT2D eigenvalue weighted by atomic mass is 32.1. The molecule has 0 amide bonds. The van der Waals surface area contributed by atoms with E-state index in [9.17, 15) is 0 Å². The molecule has 0 radical (unpaired) electrons. The van der Waals surface area contributed by atoms with Gasteiger partial charge < -0.3 is 15.8 Å². The molecular weight excluding hydrogens is 272 g/mol. The van der Waals surface area contributed by atoms with Crippen LogP contribution in [0.2, 0.25) is 0 Å². The fourth-order valence-electron chi connectivity index (χ4n) is 1.74. The van der Waals surface area contributed by atoms with Crippen LogP contribution >= 0.6 is 11.3 Å². The molecule has 1 aromatic carbocycles. The second-order valence-corrected chi connectivity index (χ2v) is 5.58. The number of benzene rings is 1. The number of rotatable bonds is 4. The van der Waals surface area contributed by atoms with Crippen LogP contribution in [0.5, 0.6) is 5.75 Å². The van der Waals surface area contributed by atoms with Crippen LogP contribution in [0.3, 0.4) is 0 Å². The van der Waals surface area contributed by atoms with Crippen molar-refractivity contribution < 1.29 is 4.74 Å². The largest absolute Gasteiger partial charge is 0.497 e. The zero-order chi connectivity index (χ0) is 14.5. The summed E-state index contributed by atoms with van der Waals surface area (Å²) in [5.41, 5.74) is 7.77. The van der Waals surface area contributed by atoms with Gasteiger partial charge in [0.05, 0.1) is 24.4 Å². The van der Waals surface area contributed by atoms with E-state index in [2.05, 4.69) is 15.3 Å². The van der Waals surface area contributed by atoms with Gasteiger partial charge in [-0.2, -0.15) is 0 Å². The summed E-state index contributed by atoms with van der Waals surface area (Å²) in [4.78, 5) is 9.84. The standard InChI is InChI=1S/C14H18N4OS/c1-9-13(20-10(2)17-9)8-16-14(15)18-11-4-6-12(19-3)7-5-11/h4-7H,8H2,1-3H3,(H3,15,16,18). The number of methoxy groups -OCH3 is 1. The number of ether oxygens (including phenoxy) is 1. The zero-order valence-corrected chi connectivity index (χ0v) is 12.6. The quantitative estimate of drug-likeness (QED) is 0.671. The van der Waals surface area contributed by atoms with E-state index >= 15 is 0 Å². The minimum atomic E-state index is 0.389. The van der Waals surface area contributed by atoms with Crippen molar-refractivity contribution >= 4 is 23.0 Å². The Hall–Kier alpha value is -2.08. The van der Waals surface area contributed by atoms with Crippen LogP contribution in [0, 0.1) is 13.8 Å². The predicted molar refractivity (Wildman–Crippen MR) is 83.5 cm³/mol. The summed E-state index contributed by atoms with van der Waals surface area (Å²) in [6, 6.07) is 7.52. The fraction of sp³-hybridized carbons (Fsp3) is 0.286. The number of thiazole rings is 1. The van der Waals surface area contributed by atoms with E-state index in [1.54, 1.807) is 18.4 Å². The van der Waals surface area contributed by atoms with Gasteiger partial charge in [-0.25, -0.2) is 9.98 Å². The Morgan fingerprint density at radius 3 is 2.60 bits per heavy atom. The maximum atomic E-state index is 5.87. The number of hydrogen-bond donors (Lipinski definition) is 2. The summed E-state index contributed by atoms with van der Waals surface area (Å²) in [6.07, 6.45) is 0. The summed E-state index contributed by atoms with van der Waals surface area (Å²) in [5.74, 6) is 1.20. The average molecular weight is 290 g/mol. The van der Waals surface area contributed by atoms with Crippen molar-refractivity contribution in [1.29, 1.82) is 0 Å². The molecule has 2 rings (SSSR count). The molecule has 0 aliphatic heterocycles. The van der Waals surface area contributed by atoms with Crippen LogP contribution in [0.1, 0.15) is 15.6 Å². The molecule has 1 aromatic heterocycles. The summed E-state index contributed by atoms with van der Waals surface area (Å²) in [6.45, 7) is 4.53. The number of hydrogen-bond acceptors (Lipinski definition) is 4. The van der Waals surface area contributed by atoms with Crippen molar-refractivity contribution in [3.05, 3.63) is 39.8 Å². The van der Waals surface area contributed by atoms with Crippen LogP contribution in [0.25, 0.3) is 0 Å². The van der Waals surface area contributed by atoms with Crippen LogP contribution in [-0.4, -0.2) is 18.1 Å². The Labute approximate surface area is 122 Å². The van der Waals surface area contributed by atoms with Gasteiger partial charge in [-0.1, -0.05) is 0 Å². The number of nitrogens with two attached hydrogens (primary N) is 1. The van der Waals surface area contributed by atoms with E-state index < -0.39 is 0 Å². The highest BCUT2D eigenvalue weighted by Gasteiger charge is 2.04. The summed E-state index contributed by atoms with van der Waals surface area (Å²) in [5, 5.41) is 4.10. The molecule has 0 fully saturated rings. The Kier molecular flexibility index (Phi) is 4.57. The first kappa shape index (κ1) is 14.3. The van der Waals surface area contributed by atoms with E-state index in [0.717, 1.165) is 27.0 Å². The minimum Gasteiger partial charge on any atom is -0.497 e. The second kappa shape index (κ2) is 6.38. The Bertz CT molecular complexity index is 604. The monoisotopic (exact) mass is 290 g/mol. The van der Waals surface area contributed by atoms with Crippen molar-refractivity contribution in [3.63, 3.8) is 0 Å². The molecule has 3 N–H and O–H groups in total. The molecule has 1 heterocycles. The van der Waals surface area contributed by atoms with E-state index in [1.165, 1.54) is 0 Å². The molecule has 0 aliphatic carbocycles. The maximum absolute atomic E-state index is 5.87. The third-order valence-electron chi connectivity index (χ3n) is 2.76. The lowest BCUT2D eigenvalue weighted by Gasteiger charge is -2.06. The third-order valence-corrected chi connectivity index (χ3v) is 3.81. The lowest BCUT2D eigenvalue weighted by molar-refractivity contribution is 0.415. The molecule has 0 saturated carbocycles. The molecule has 106 valence electrons. The normalized spacial score (nSPS) is 11.4. The average Bonchev–Trinajstić information content (AvgIpc) is 2.75. The van der Waals surface area contributed by atoms with Gasteiger partial charge in [-0.05, 0) is 38.1 Å². The van der Waals surface area contributed by atoms with Crippen molar-refractivity contribution in [2.45, 2.75) is 20.4 Å². The molecule has 0 atom stereocenters. The number of anilines is 1. The number of aromatic nitrogens is 1. The molecule has 0 aliphatic rings. The van der Waals surface area contributed by atoms with Crippen LogP contribution in [0.4, 0.5) is 5.69 Å². The van der Waals surface area contributed by atoms with Gasteiger partial charge in [0.2, 0.25) is 0 Å². The van der Waals surface area contributed by atoms with Crippen molar-refractivity contribution in [1.82, 2.24) is 4.98 Å². The van der Waals surface area contributed by atoms with Gasteiger partial charge in [-0.3, -0.25) is 0 Å². The third kappa shape index (κ3) is 3.71. The number of aryl methyl sites for hydroxylation is 2.